The fraction of sp³-hybridized carbons (Fsp3) is 0.700. The van der Waals surface area contributed by atoms with Gasteiger partial charge in [0, 0.05) is 15.5 Å². The summed E-state index contributed by atoms with van der Waals surface area (Å²) in [5.74, 6) is 0. The Hall–Kier alpha value is 1.14. The summed E-state index contributed by atoms with van der Waals surface area (Å²) in [5, 5.41) is 2.09. The molecule has 0 radical (unpaired) electrons. The number of benzene rings is 1. The highest BCUT2D eigenvalue weighted by atomic mass is 79.9. The Kier molecular flexibility index (Phi) is 14.7. The van der Waals surface area contributed by atoms with Crippen LogP contribution in [0, 0.1) is 0 Å². The van der Waals surface area contributed by atoms with E-state index in [0.29, 0.717) is 9.65 Å². The average molecular weight is 590 g/mol. The first kappa shape index (κ1) is 23.2. The molecule has 1 aromatic carbocycles. The molecule has 1 rings (SSSR count). The van der Waals surface area contributed by atoms with Gasteiger partial charge in [-0.05, 0) is 24.0 Å². The van der Waals surface area contributed by atoms with Crippen LogP contribution in [-0.4, -0.2) is 10.2 Å². The Balaban J connectivity index is 2.07. The predicted octanol–water partition coefficient (Wildman–Crippen LogP) is 9.08. The van der Waals surface area contributed by atoms with Crippen molar-refractivity contribution in [1.29, 1.82) is 0 Å². The number of hydrogen-bond acceptors (Lipinski definition) is 0. The van der Waals surface area contributed by atoms with Crippen molar-refractivity contribution in [1.82, 2.24) is 0 Å². The van der Waals surface area contributed by atoms with E-state index >= 15 is 0 Å². The lowest BCUT2D eigenvalue weighted by Crippen LogP contribution is -2.06. The van der Waals surface area contributed by atoms with Crippen molar-refractivity contribution in [3.63, 3.8) is 0 Å². The summed E-state index contributed by atoms with van der Waals surface area (Å²) < 4.78 is 0. The van der Waals surface area contributed by atoms with E-state index in [-0.39, 0.29) is 0 Å². The molecule has 1 aromatic rings. The quantitative estimate of drug-likeness (QED) is 0.150. The molecule has 2 unspecified atom stereocenters. The van der Waals surface area contributed by atoms with Crippen LogP contribution in [-0.2, 0) is 5.33 Å². The molecule has 2 atom stereocenters. The molecule has 0 saturated carbocycles. The molecule has 0 N–H and O–H groups in total. The van der Waals surface area contributed by atoms with Gasteiger partial charge in [0.2, 0.25) is 0 Å². The predicted molar refractivity (Wildman–Crippen MR) is 123 cm³/mol. The van der Waals surface area contributed by atoms with E-state index in [4.69, 9.17) is 0 Å². The van der Waals surface area contributed by atoms with Gasteiger partial charge in [-0.25, -0.2) is 0 Å². The first-order valence-corrected chi connectivity index (χ1v) is 13.3. The molecule has 4 heteroatoms. The third kappa shape index (κ3) is 10.3. The molecular formula is C20H30Br4. The summed E-state index contributed by atoms with van der Waals surface area (Å²) in [5.41, 5.74) is 2.70. The molecule has 0 amide bonds. The first-order chi connectivity index (χ1) is 11.7. The van der Waals surface area contributed by atoms with Crippen molar-refractivity contribution in [2.24, 2.45) is 0 Å². The second-order valence-electron chi connectivity index (χ2n) is 6.45. The average Bonchev–Trinajstić information content (AvgIpc) is 2.62. The third-order valence-electron chi connectivity index (χ3n) is 4.38. The van der Waals surface area contributed by atoms with Crippen molar-refractivity contribution in [2.45, 2.75) is 79.2 Å². The third-order valence-corrected chi connectivity index (χ3v) is 8.45. The summed E-state index contributed by atoms with van der Waals surface area (Å²) in [4.78, 5) is 0.910. The summed E-state index contributed by atoms with van der Waals surface area (Å²) >= 11 is 14.7. The largest absolute Gasteiger partial charge is 0.0928 e. The van der Waals surface area contributed by atoms with E-state index in [0.717, 1.165) is 10.7 Å². The zero-order valence-corrected chi connectivity index (χ0v) is 20.8. The van der Waals surface area contributed by atoms with Gasteiger partial charge in [0.15, 0.2) is 0 Å². The van der Waals surface area contributed by atoms with Crippen LogP contribution in [0.5, 0.6) is 0 Å². The second kappa shape index (κ2) is 15.2. The highest BCUT2D eigenvalue weighted by Crippen LogP contribution is 2.34. The molecule has 0 aliphatic carbocycles. The molecule has 0 fully saturated rings. The number of halogens is 4. The van der Waals surface area contributed by atoms with E-state index in [2.05, 4.69) is 88.0 Å². The van der Waals surface area contributed by atoms with Crippen molar-refractivity contribution in [3.05, 3.63) is 35.4 Å². The SMILES string of the molecule is BrCCCCCCCCCCCC(Br)C(Br)c1ccc(CBr)cc1. The minimum absolute atomic E-state index is 0.399. The van der Waals surface area contributed by atoms with E-state index < -0.39 is 0 Å². The zero-order chi connectivity index (χ0) is 17.6. The lowest BCUT2D eigenvalue weighted by molar-refractivity contribution is 0.554. The highest BCUT2D eigenvalue weighted by molar-refractivity contribution is 9.12. The van der Waals surface area contributed by atoms with Gasteiger partial charge in [-0.1, -0.05) is 139 Å². The molecule has 0 aliphatic heterocycles. The molecule has 24 heavy (non-hydrogen) atoms. The maximum Gasteiger partial charge on any atom is 0.0520 e. The van der Waals surface area contributed by atoms with Gasteiger partial charge < -0.3 is 0 Å². The van der Waals surface area contributed by atoms with E-state index in [1.807, 2.05) is 0 Å². The van der Waals surface area contributed by atoms with Crippen LogP contribution in [0.1, 0.15) is 80.2 Å². The standard InChI is InChI=1S/C20H30Br4/c21-15-9-7-5-3-1-2-4-6-8-10-19(23)20(24)18-13-11-17(16-22)12-14-18/h11-14,19-20H,1-10,15-16H2. The van der Waals surface area contributed by atoms with Crippen LogP contribution in [0.4, 0.5) is 0 Å². The molecular weight excluding hydrogens is 560 g/mol. The van der Waals surface area contributed by atoms with Crippen molar-refractivity contribution < 1.29 is 0 Å². The molecule has 138 valence electrons. The van der Waals surface area contributed by atoms with Crippen LogP contribution in [0.2, 0.25) is 0 Å². The Morgan fingerprint density at radius 2 is 1.17 bits per heavy atom. The van der Waals surface area contributed by atoms with Crippen LogP contribution in [0.25, 0.3) is 0 Å². The molecule has 0 aliphatic rings. The summed E-state index contributed by atoms with van der Waals surface area (Å²) in [6.07, 6.45) is 13.7. The fourth-order valence-electron chi connectivity index (χ4n) is 2.82. The van der Waals surface area contributed by atoms with Crippen LogP contribution < -0.4 is 0 Å². The number of hydrogen-bond donors (Lipinski definition) is 0. The minimum Gasteiger partial charge on any atom is -0.0928 e. The summed E-state index contributed by atoms with van der Waals surface area (Å²) in [6.45, 7) is 0. The number of rotatable bonds is 14. The Bertz CT molecular complexity index is 405. The van der Waals surface area contributed by atoms with Crippen LogP contribution >= 0.6 is 63.7 Å². The smallest absolute Gasteiger partial charge is 0.0520 e. The molecule has 0 bridgehead atoms. The summed E-state index contributed by atoms with van der Waals surface area (Å²) in [7, 11) is 0. The zero-order valence-electron chi connectivity index (χ0n) is 14.5. The topological polar surface area (TPSA) is 0 Å². The van der Waals surface area contributed by atoms with Crippen molar-refractivity contribution >= 4 is 63.7 Å². The van der Waals surface area contributed by atoms with Gasteiger partial charge in [0.25, 0.3) is 0 Å². The van der Waals surface area contributed by atoms with Gasteiger partial charge in [0.05, 0.1) is 4.83 Å². The highest BCUT2D eigenvalue weighted by Gasteiger charge is 2.17. The number of unbranched alkanes of at least 4 members (excludes halogenated alkanes) is 8. The second-order valence-corrected chi connectivity index (χ2v) is 9.97. The Morgan fingerprint density at radius 3 is 1.67 bits per heavy atom. The van der Waals surface area contributed by atoms with Crippen LogP contribution in [0.3, 0.4) is 0 Å². The van der Waals surface area contributed by atoms with Gasteiger partial charge in [0.1, 0.15) is 0 Å². The van der Waals surface area contributed by atoms with E-state index in [9.17, 15) is 0 Å². The van der Waals surface area contributed by atoms with Gasteiger partial charge in [-0.3, -0.25) is 0 Å². The molecule has 0 heterocycles. The van der Waals surface area contributed by atoms with Gasteiger partial charge in [-0.2, -0.15) is 0 Å². The molecule has 0 spiro atoms. The van der Waals surface area contributed by atoms with Crippen molar-refractivity contribution in [2.75, 3.05) is 5.33 Å². The normalized spacial score (nSPS) is 13.8. The van der Waals surface area contributed by atoms with E-state index in [1.165, 1.54) is 75.3 Å². The van der Waals surface area contributed by atoms with Crippen LogP contribution in [0.15, 0.2) is 24.3 Å². The van der Waals surface area contributed by atoms with Crippen molar-refractivity contribution in [3.8, 4) is 0 Å². The van der Waals surface area contributed by atoms with Gasteiger partial charge in [-0.15, -0.1) is 0 Å². The monoisotopic (exact) mass is 586 g/mol. The lowest BCUT2D eigenvalue weighted by atomic mass is 10.0. The van der Waals surface area contributed by atoms with E-state index in [1.54, 1.807) is 0 Å². The first-order valence-electron chi connectivity index (χ1n) is 9.18. The molecule has 0 saturated heterocycles. The summed E-state index contributed by atoms with van der Waals surface area (Å²) in [6, 6.07) is 8.88. The fourth-order valence-corrected chi connectivity index (χ4v) is 4.79. The number of alkyl halides is 4. The maximum atomic E-state index is 3.87. The molecule has 0 aromatic heterocycles. The Morgan fingerprint density at radius 1 is 0.667 bits per heavy atom. The van der Waals surface area contributed by atoms with Gasteiger partial charge >= 0.3 is 0 Å². The Labute approximate surface area is 182 Å². The molecule has 0 nitrogen and oxygen atoms in total. The minimum atomic E-state index is 0.399. The maximum absolute atomic E-state index is 3.87. The lowest BCUT2D eigenvalue weighted by Gasteiger charge is -2.17.